The van der Waals surface area contributed by atoms with Gasteiger partial charge < -0.3 is 10.2 Å². The molecule has 8 heteroatoms. The molecule has 0 bridgehead atoms. The lowest BCUT2D eigenvalue weighted by Gasteiger charge is -2.24. The number of carbonyl (C=O) groups excluding carboxylic acids is 3. The summed E-state index contributed by atoms with van der Waals surface area (Å²) in [5, 5.41) is 3.11. The molecule has 0 atom stereocenters. The van der Waals surface area contributed by atoms with Crippen LogP contribution in [-0.2, 0) is 16.1 Å². The van der Waals surface area contributed by atoms with E-state index in [1.54, 1.807) is 11.0 Å². The maximum absolute atomic E-state index is 14.1. The van der Waals surface area contributed by atoms with Crippen molar-refractivity contribution >= 4 is 29.4 Å². The van der Waals surface area contributed by atoms with E-state index in [9.17, 15) is 18.8 Å². The summed E-state index contributed by atoms with van der Waals surface area (Å²) >= 11 is 6.11. The largest absolute Gasteiger partial charge is 0.335 e. The van der Waals surface area contributed by atoms with Crippen molar-refractivity contribution in [1.82, 2.24) is 15.1 Å². The minimum atomic E-state index is -0.767. The monoisotopic (exact) mass is 407 g/mol. The van der Waals surface area contributed by atoms with Gasteiger partial charge in [0, 0.05) is 29.6 Å². The Morgan fingerprint density at radius 2 is 2.00 bits per heavy atom. The second-order valence-electron chi connectivity index (χ2n) is 7.88. The van der Waals surface area contributed by atoms with Crippen molar-refractivity contribution in [3.8, 4) is 0 Å². The predicted molar refractivity (Wildman–Crippen MR) is 101 cm³/mol. The van der Waals surface area contributed by atoms with E-state index in [4.69, 9.17) is 11.6 Å². The average Bonchev–Trinajstić information content (AvgIpc) is 3.33. The van der Waals surface area contributed by atoms with Crippen molar-refractivity contribution in [3.05, 3.63) is 34.6 Å². The molecule has 4 rings (SSSR count). The fourth-order valence-electron chi connectivity index (χ4n) is 4.21. The summed E-state index contributed by atoms with van der Waals surface area (Å²) in [5.41, 5.74) is -0.471. The highest BCUT2D eigenvalue weighted by molar-refractivity contribution is 6.31. The highest BCUT2D eigenvalue weighted by Gasteiger charge is 2.52. The van der Waals surface area contributed by atoms with Crippen LogP contribution in [0.15, 0.2) is 18.2 Å². The van der Waals surface area contributed by atoms with Gasteiger partial charge in [0.05, 0.1) is 6.54 Å². The molecule has 1 aliphatic heterocycles. The number of hydrogen-bond acceptors (Lipinski definition) is 3. The molecule has 0 radical (unpaired) electrons. The van der Waals surface area contributed by atoms with Crippen molar-refractivity contribution in [2.45, 2.75) is 63.1 Å². The number of nitrogens with zero attached hydrogens (tertiary/aromatic N) is 2. The van der Waals surface area contributed by atoms with Crippen molar-refractivity contribution in [1.29, 1.82) is 0 Å². The Kier molecular flexibility index (Phi) is 5.04. The summed E-state index contributed by atoms with van der Waals surface area (Å²) in [6.45, 7) is 0.137. The van der Waals surface area contributed by atoms with Gasteiger partial charge in [-0.1, -0.05) is 30.5 Å². The van der Waals surface area contributed by atoms with E-state index in [0.717, 1.165) is 30.6 Å². The predicted octanol–water partition coefficient (Wildman–Crippen LogP) is 3.22. The van der Waals surface area contributed by atoms with Crippen molar-refractivity contribution < 1.29 is 18.8 Å². The van der Waals surface area contributed by atoms with E-state index in [1.807, 2.05) is 0 Å². The smallest absolute Gasteiger partial charge is 0.325 e. The van der Waals surface area contributed by atoms with Gasteiger partial charge >= 0.3 is 6.03 Å². The summed E-state index contributed by atoms with van der Waals surface area (Å²) < 4.78 is 14.1. The molecule has 3 aliphatic rings. The normalized spacial score (nSPS) is 20.7. The third-order valence-corrected chi connectivity index (χ3v) is 6.30. The molecule has 28 heavy (non-hydrogen) atoms. The second-order valence-corrected chi connectivity index (χ2v) is 8.29. The number of amides is 4. The molecule has 1 saturated heterocycles. The molecule has 2 saturated carbocycles. The Bertz CT molecular complexity index is 801. The molecule has 150 valence electrons. The van der Waals surface area contributed by atoms with E-state index in [2.05, 4.69) is 5.32 Å². The van der Waals surface area contributed by atoms with Crippen molar-refractivity contribution in [2.75, 3.05) is 6.54 Å². The first kappa shape index (κ1) is 19.2. The molecular weight excluding hydrogens is 385 g/mol. The Hall–Kier alpha value is -2.15. The molecule has 4 amide bonds. The van der Waals surface area contributed by atoms with Gasteiger partial charge in [-0.25, -0.2) is 9.18 Å². The first-order valence-electron chi connectivity index (χ1n) is 9.78. The molecule has 1 spiro atoms. The van der Waals surface area contributed by atoms with Crippen LogP contribution in [-0.4, -0.2) is 45.8 Å². The number of urea groups is 1. The number of benzene rings is 1. The minimum Gasteiger partial charge on any atom is -0.335 e. The summed E-state index contributed by atoms with van der Waals surface area (Å²) in [5.74, 6) is -0.865. The number of hydrogen-bond donors (Lipinski definition) is 1. The lowest BCUT2D eigenvalue weighted by Crippen LogP contribution is -2.44. The SMILES string of the molecule is O=C1NC2(CCCC2)C(=O)N1CCC(=O)N(Cc1c(F)cccc1Cl)C1CC1. The van der Waals surface area contributed by atoms with Crippen molar-refractivity contribution in [3.63, 3.8) is 0 Å². The number of rotatable bonds is 6. The molecule has 3 fully saturated rings. The summed E-state index contributed by atoms with van der Waals surface area (Å²) in [6, 6.07) is 4.10. The quantitative estimate of drug-likeness (QED) is 0.736. The van der Waals surface area contributed by atoms with Gasteiger partial charge in [0.25, 0.3) is 5.91 Å². The Morgan fingerprint density at radius 1 is 1.29 bits per heavy atom. The van der Waals surface area contributed by atoms with Crippen molar-refractivity contribution in [2.24, 2.45) is 0 Å². The van der Waals surface area contributed by atoms with E-state index in [1.165, 1.54) is 12.1 Å². The zero-order chi connectivity index (χ0) is 19.9. The molecule has 1 N–H and O–H groups in total. The molecule has 0 unspecified atom stereocenters. The highest BCUT2D eigenvalue weighted by atomic mass is 35.5. The standard InChI is InChI=1S/C20H23ClFN3O3/c21-15-4-3-5-16(22)14(15)12-25(13-6-7-13)17(26)8-11-24-18(27)20(23-19(24)28)9-1-2-10-20/h3-5,13H,1-2,6-12H2,(H,23,28). The highest BCUT2D eigenvalue weighted by Crippen LogP contribution is 2.35. The van der Waals surface area contributed by atoms with Crippen LogP contribution in [0.2, 0.25) is 5.02 Å². The maximum atomic E-state index is 14.1. The first-order valence-corrected chi connectivity index (χ1v) is 10.2. The molecule has 1 aromatic rings. The fraction of sp³-hybridized carbons (Fsp3) is 0.550. The van der Waals surface area contributed by atoms with Gasteiger partial charge in [-0.2, -0.15) is 0 Å². The number of imide groups is 1. The summed E-state index contributed by atoms with van der Waals surface area (Å²) in [4.78, 5) is 40.6. The molecule has 1 heterocycles. The molecule has 0 aromatic heterocycles. The third-order valence-electron chi connectivity index (χ3n) is 5.95. The number of halogens is 2. The van der Waals surface area contributed by atoms with Gasteiger partial charge in [-0.15, -0.1) is 0 Å². The van der Waals surface area contributed by atoms with Crippen LogP contribution in [0.1, 0.15) is 50.5 Å². The van der Waals surface area contributed by atoms with E-state index in [0.29, 0.717) is 18.4 Å². The molecule has 6 nitrogen and oxygen atoms in total. The van der Waals surface area contributed by atoms with E-state index >= 15 is 0 Å². The van der Waals surface area contributed by atoms with Crippen LogP contribution in [0.3, 0.4) is 0 Å². The number of carbonyl (C=O) groups is 3. The minimum absolute atomic E-state index is 0.0256. The van der Waals surface area contributed by atoms with Crippen LogP contribution >= 0.6 is 11.6 Å². The average molecular weight is 408 g/mol. The Morgan fingerprint density at radius 3 is 2.64 bits per heavy atom. The Balaban J connectivity index is 1.42. The van der Waals surface area contributed by atoms with Crippen LogP contribution in [0, 0.1) is 5.82 Å². The molecular formula is C20H23ClFN3O3. The summed E-state index contributed by atoms with van der Waals surface area (Å²) in [6.07, 6.45) is 4.89. The lowest BCUT2D eigenvalue weighted by atomic mass is 9.98. The van der Waals surface area contributed by atoms with Gasteiger partial charge in [-0.3, -0.25) is 14.5 Å². The van der Waals surface area contributed by atoms with E-state index in [-0.39, 0.29) is 42.4 Å². The molecule has 1 aromatic carbocycles. The lowest BCUT2D eigenvalue weighted by molar-refractivity contribution is -0.134. The van der Waals surface area contributed by atoms with Gasteiger partial charge in [-0.05, 0) is 37.8 Å². The first-order chi connectivity index (χ1) is 13.4. The fourth-order valence-corrected chi connectivity index (χ4v) is 4.43. The summed E-state index contributed by atoms with van der Waals surface area (Å²) in [7, 11) is 0. The zero-order valence-corrected chi connectivity index (χ0v) is 16.3. The topological polar surface area (TPSA) is 69.7 Å². The maximum Gasteiger partial charge on any atom is 0.325 e. The second kappa shape index (κ2) is 7.35. The zero-order valence-electron chi connectivity index (χ0n) is 15.5. The van der Waals surface area contributed by atoms with Crippen LogP contribution in [0.5, 0.6) is 0 Å². The van der Waals surface area contributed by atoms with Gasteiger partial charge in [0.15, 0.2) is 0 Å². The van der Waals surface area contributed by atoms with Crippen LogP contribution in [0.25, 0.3) is 0 Å². The molecule has 2 aliphatic carbocycles. The van der Waals surface area contributed by atoms with Gasteiger partial charge in [0.2, 0.25) is 5.91 Å². The third kappa shape index (κ3) is 3.48. The van der Waals surface area contributed by atoms with Crippen LogP contribution < -0.4 is 5.32 Å². The van der Waals surface area contributed by atoms with Crippen LogP contribution in [0.4, 0.5) is 9.18 Å². The van der Waals surface area contributed by atoms with E-state index < -0.39 is 17.4 Å². The van der Waals surface area contributed by atoms with Gasteiger partial charge in [0.1, 0.15) is 11.4 Å². The Labute approximate surface area is 168 Å². The number of nitrogens with one attached hydrogen (secondary N) is 1.